The van der Waals surface area contributed by atoms with Crippen LogP contribution < -0.4 is 14.8 Å². The summed E-state index contributed by atoms with van der Waals surface area (Å²) in [5, 5.41) is 14.1. The number of benzene rings is 3. The summed E-state index contributed by atoms with van der Waals surface area (Å²) in [7, 11) is 1.61. The number of nitrogens with one attached hydrogen (secondary N) is 1. The van der Waals surface area contributed by atoms with Gasteiger partial charge in [-0.15, -0.1) is 6.58 Å². The molecule has 1 atom stereocenters. The Labute approximate surface area is 178 Å². The Morgan fingerprint density at radius 1 is 0.933 bits per heavy atom. The summed E-state index contributed by atoms with van der Waals surface area (Å²) in [6, 6.07) is 26.2. The second kappa shape index (κ2) is 11.2. The van der Waals surface area contributed by atoms with Crippen LogP contribution in [0, 0.1) is 0 Å². The van der Waals surface area contributed by atoms with Gasteiger partial charge in [0.05, 0.1) is 13.2 Å². The van der Waals surface area contributed by atoms with E-state index in [1.807, 2.05) is 60.7 Å². The van der Waals surface area contributed by atoms with E-state index >= 15 is 0 Å². The van der Waals surface area contributed by atoms with Crippen molar-refractivity contribution in [2.24, 2.45) is 0 Å². The van der Waals surface area contributed by atoms with Crippen LogP contribution in [0.2, 0.25) is 0 Å². The molecule has 1 unspecified atom stereocenters. The largest absolute Gasteiger partial charge is 0.493 e. The Bertz CT molecular complexity index is 873. The summed E-state index contributed by atoms with van der Waals surface area (Å²) >= 11 is 0. The number of para-hydroxylation sites is 1. The van der Waals surface area contributed by atoms with E-state index in [1.165, 1.54) is 0 Å². The average Bonchev–Trinajstić information content (AvgIpc) is 2.80. The summed E-state index contributed by atoms with van der Waals surface area (Å²) in [4.78, 5) is 0. The fourth-order valence-corrected chi connectivity index (χ4v) is 3.41. The van der Waals surface area contributed by atoms with Gasteiger partial charge in [0.15, 0.2) is 11.5 Å². The van der Waals surface area contributed by atoms with E-state index in [0.717, 1.165) is 16.7 Å². The third-order valence-corrected chi connectivity index (χ3v) is 4.89. The third kappa shape index (κ3) is 5.72. The minimum Gasteiger partial charge on any atom is -0.493 e. The maximum Gasteiger partial charge on any atom is 0.164 e. The van der Waals surface area contributed by atoms with Crippen molar-refractivity contribution in [2.75, 3.05) is 20.3 Å². The smallest absolute Gasteiger partial charge is 0.164 e. The molecule has 0 radical (unpaired) electrons. The fourth-order valence-electron chi connectivity index (χ4n) is 3.41. The van der Waals surface area contributed by atoms with Gasteiger partial charge in [-0.1, -0.05) is 78.9 Å². The molecule has 3 aromatic rings. The highest BCUT2D eigenvalue weighted by Gasteiger charge is 2.17. The lowest BCUT2D eigenvalue weighted by Gasteiger charge is -2.22. The molecule has 30 heavy (non-hydrogen) atoms. The van der Waals surface area contributed by atoms with Crippen molar-refractivity contribution in [3.05, 3.63) is 108 Å². The molecular weight excluding hydrogens is 374 g/mol. The predicted octanol–water partition coefficient (Wildman–Crippen LogP) is 4.54. The van der Waals surface area contributed by atoms with Gasteiger partial charge in [-0.25, -0.2) is 0 Å². The Kier molecular flexibility index (Phi) is 8.07. The highest BCUT2D eigenvalue weighted by Crippen LogP contribution is 2.31. The standard InChI is InChI=1S/C26H29NO3/c1-3-11-22-16-10-17-24(29-2)26(22)30-19-23(28)18-27-25(20-12-6-4-7-13-20)21-14-8-5-9-15-21/h3-10,12-17,23,25,27-28H,1,11,18-19H2,2H3. The molecule has 3 rings (SSSR count). The summed E-state index contributed by atoms with van der Waals surface area (Å²) in [6.45, 7) is 4.35. The van der Waals surface area contributed by atoms with Crippen molar-refractivity contribution in [3.8, 4) is 11.5 Å². The van der Waals surface area contributed by atoms with E-state index < -0.39 is 6.10 Å². The van der Waals surface area contributed by atoms with Crippen molar-refractivity contribution < 1.29 is 14.6 Å². The maximum atomic E-state index is 10.6. The molecule has 0 aliphatic carbocycles. The van der Waals surface area contributed by atoms with Gasteiger partial charge in [0.2, 0.25) is 0 Å². The van der Waals surface area contributed by atoms with Gasteiger partial charge in [0.25, 0.3) is 0 Å². The third-order valence-electron chi connectivity index (χ3n) is 4.89. The number of aliphatic hydroxyl groups excluding tert-OH is 1. The molecule has 156 valence electrons. The summed E-state index contributed by atoms with van der Waals surface area (Å²) < 4.78 is 11.4. The molecule has 4 nitrogen and oxygen atoms in total. The Balaban J connectivity index is 1.66. The van der Waals surface area contributed by atoms with Crippen LogP contribution in [0.1, 0.15) is 22.7 Å². The minimum absolute atomic E-state index is 0.00959. The molecule has 0 amide bonds. The molecular formula is C26H29NO3. The molecule has 0 aliphatic rings. The van der Waals surface area contributed by atoms with Gasteiger partial charge in [-0.2, -0.15) is 0 Å². The lowest BCUT2D eigenvalue weighted by atomic mass is 9.98. The lowest BCUT2D eigenvalue weighted by molar-refractivity contribution is 0.102. The number of hydrogen-bond donors (Lipinski definition) is 2. The first-order valence-electron chi connectivity index (χ1n) is 10.1. The van der Waals surface area contributed by atoms with Gasteiger partial charge in [0, 0.05) is 12.1 Å². The van der Waals surface area contributed by atoms with E-state index in [2.05, 4.69) is 36.2 Å². The van der Waals surface area contributed by atoms with Gasteiger partial charge in [0.1, 0.15) is 12.7 Å². The molecule has 4 heteroatoms. The molecule has 0 saturated carbocycles. The topological polar surface area (TPSA) is 50.7 Å². The number of methoxy groups -OCH3 is 1. The zero-order valence-electron chi connectivity index (χ0n) is 17.3. The van der Waals surface area contributed by atoms with Gasteiger partial charge < -0.3 is 19.9 Å². The van der Waals surface area contributed by atoms with Gasteiger partial charge in [-0.05, 0) is 23.6 Å². The SMILES string of the molecule is C=CCc1cccc(OC)c1OCC(O)CNC(c1ccccc1)c1ccccc1. The maximum absolute atomic E-state index is 10.6. The zero-order valence-corrected chi connectivity index (χ0v) is 17.3. The molecule has 0 heterocycles. The van der Waals surface area contributed by atoms with Crippen molar-refractivity contribution in [1.82, 2.24) is 5.32 Å². The van der Waals surface area contributed by atoms with Crippen LogP contribution in [0.4, 0.5) is 0 Å². The van der Waals surface area contributed by atoms with Crippen LogP contribution in [0.5, 0.6) is 11.5 Å². The lowest BCUT2D eigenvalue weighted by Crippen LogP contribution is -2.34. The summed E-state index contributed by atoms with van der Waals surface area (Å²) in [5.41, 5.74) is 3.28. The molecule has 0 aliphatic heterocycles. The van der Waals surface area contributed by atoms with Crippen LogP contribution in [-0.4, -0.2) is 31.5 Å². The zero-order chi connectivity index (χ0) is 21.2. The molecule has 2 N–H and O–H groups in total. The Morgan fingerprint density at radius 2 is 1.57 bits per heavy atom. The number of hydrogen-bond acceptors (Lipinski definition) is 4. The predicted molar refractivity (Wildman–Crippen MR) is 121 cm³/mol. The number of rotatable bonds is 11. The summed E-state index contributed by atoms with van der Waals surface area (Å²) in [6.07, 6.45) is 1.82. The van der Waals surface area contributed by atoms with E-state index in [4.69, 9.17) is 9.47 Å². The van der Waals surface area contributed by atoms with Crippen LogP contribution in [0.25, 0.3) is 0 Å². The molecule has 3 aromatic carbocycles. The first kappa shape index (κ1) is 21.6. The second-order valence-electron chi connectivity index (χ2n) is 7.07. The molecule has 0 bridgehead atoms. The highest BCUT2D eigenvalue weighted by molar-refractivity contribution is 5.47. The van der Waals surface area contributed by atoms with Crippen LogP contribution in [0.3, 0.4) is 0 Å². The first-order valence-corrected chi connectivity index (χ1v) is 10.1. The van der Waals surface area contributed by atoms with Crippen molar-refractivity contribution in [3.63, 3.8) is 0 Å². The Morgan fingerprint density at radius 3 is 2.13 bits per heavy atom. The van der Waals surface area contributed by atoms with Gasteiger partial charge in [-0.3, -0.25) is 0 Å². The van der Waals surface area contributed by atoms with Crippen LogP contribution >= 0.6 is 0 Å². The first-order chi connectivity index (χ1) is 14.7. The van der Waals surface area contributed by atoms with Crippen molar-refractivity contribution in [2.45, 2.75) is 18.6 Å². The normalized spacial score (nSPS) is 11.8. The fraction of sp³-hybridized carbons (Fsp3) is 0.231. The second-order valence-corrected chi connectivity index (χ2v) is 7.07. The van der Waals surface area contributed by atoms with E-state index in [9.17, 15) is 5.11 Å². The summed E-state index contributed by atoms with van der Waals surface area (Å²) in [5.74, 6) is 1.31. The molecule has 0 saturated heterocycles. The Hall–Kier alpha value is -3.08. The van der Waals surface area contributed by atoms with E-state index in [1.54, 1.807) is 7.11 Å². The molecule has 0 spiro atoms. The van der Waals surface area contributed by atoms with Crippen molar-refractivity contribution in [1.29, 1.82) is 0 Å². The number of aliphatic hydroxyl groups is 1. The van der Waals surface area contributed by atoms with Crippen molar-refractivity contribution >= 4 is 0 Å². The molecule has 0 aromatic heterocycles. The highest BCUT2D eigenvalue weighted by atomic mass is 16.5. The average molecular weight is 404 g/mol. The van der Waals surface area contributed by atoms with E-state index in [0.29, 0.717) is 24.5 Å². The number of ether oxygens (including phenoxy) is 2. The minimum atomic E-state index is -0.679. The number of allylic oxidation sites excluding steroid dienone is 1. The van der Waals surface area contributed by atoms with Crippen LogP contribution in [-0.2, 0) is 6.42 Å². The van der Waals surface area contributed by atoms with E-state index in [-0.39, 0.29) is 12.6 Å². The van der Waals surface area contributed by atoms with Crippen LogP contribution in [0.15, 0.2) is 91.5 Å². The van der Waals surface area contributed by atoms with Gasteiger partial charge >= 0.3 is 0 Å². The molecule has 0 fully saturated rings. The monoisotopic (exact) mass is 403 g/mol. The quantitative estimate of drug-likeness (QED) is 0.462.